The van der Waals surface area contributed by atoms with Gasteiger partial charge in [0.1, 0.15) is 0 Å². The molecular weight excluding hydrogens is 238 g/mol. The van der Waals surface area contributed by atoms with E-state index in [1.807, 2.05) is 36.4 Å². The summed E-state index contributed by atoms with van der Waals surface area (Å²) in [6, 6.07) is 11.5. The normalized spacial score (nSPS) is 11.9. The van der Waals surface area contributed by atoms with Crippen molar-refractivity contribution in [2.24, 2.45) is 0 Å². The fraction of sp³-hybridized carbons (Fsp3) is 0.200. The minimum Gasteiger partial charge on any atom is -0.438 e. The molecule has 96 valence electrons. The van der Waals surface area contributed by atoms with Crippen molar-refractivity contribution in [3.05, 3.63) is 54.0 Å². The van der Waals surface area contributed by atoms with Gasteiger partial charge in [0, 0.05) is 11.9 Å². The van der Waals surface area contributed by atoms with Crippen LogP contribution in [0.3, 0.4) is 0 Å². The van der Waals surface area contributed by atoms with E-state index in [1.54, 1.807) is 6.20 Å². The van der Waals surface area contributed by atoms with Gasteiger partial charge in [-0.3, -0.25) is 0 Å². The molecule has 3 aromatic rings. The van der Waals surface area contributed by atoms with Crippen LogP contribution in [0.1, 0.15) is 25.3 Å². The number of hydrogen-bond donors (Lipinski definition) is 1. The van der Waals surface area contributed by atoms with Crippen LogP contribution < -0.4 is 5.73 Å². The van der Waals surface area contributed by atoms with Gasteiger partial charge in [0.2, 0.25) is 5.89 Å². The molecule has 3 rings (SSSR count). The molecule has 0 fully saturated rings. The topological polar surface area (TPSA) is 64.9 Å². The second kappa shape index (κ2) is 4.09. The fourth-order valence-electron chi connectivity index (χ4n) is 2.06. The predicted octanol–water partition coefficient (Wildman–Crippen LogP) is 3.13. The van der Waals surface area contributed by atoms with Gasteiger partial charge in [-0.25, -0.2) is 4.98 Å². The molecule has 2 aromatic heterocycles. The molecule has 0 spiro atoms. The number of anilines is 1. The lowest BCUT2D eigenvalue weighted by Gasteiger charge is -2.21. The molecule has 0 atom stereocenters. The number of oxazole rings is 1. The van der Waals surface area contributed by atoms with E-state index in [-0.39, 0.29) is 5.41 Å². The molecule has 4 heteroatoms. The summed E-state index contributed by atoms with van der Waals surface area (Å²) in [5.41, 5.74) is 8.60. The SMILES string of the molecule is CC(C)(c1ccc(N)cc1)c1nc2ncccc2o1. The summed E-state index contributed by atoms with van der Waals surface area (Å²) in [6.07, 6.45) is 1.71. The number of pyridine rings is 1. The lowest BCUT2D eigenvalue weighted by Crippen LogP contribution is -2.19. The Kier molecular flexibility index (Phi) is 2.52. The fourth-order valence-corrected chi connectivity index (χ4v) is 2.06. The Bertz CT molecular complexity index is 681. The average molecular weight is 253 g/mol. The minimum atomic E-state index is -0.325. The molecule has 0 unspecified atom stereocenters. The summed E-state index contributed by atoms with van der Waals surface area (Å²) in [5.74, 6) is 0.658. The van der Waals surface area contributed by atoms with Crippen LogP contribution in [0.15, 0.2) is 47.0 Å². The average Bonchev–Trinajstić information content (AvgIpc) is 2.83. The first kappa shape index (κ1) is 11.7. The number of aromatic nitrogens is 2. The maximum atomic E-state index is 5.81. The summed E-state index contributed by atoms with van der Waals surface area (Å²) in [6.45, 7) is 4.15. The quantitative estimate of drug-likeness (QED) is 0.712. The lowest BCUT2D eigenvalue weighted by atomic mass is 9.84. The molecule has 19 heavy (non-hydrogen) atoms. The maximum Gasteiger partial charge on any atom is 0.207 e. The summed E-state index contributed by atoms with van der Waals surface area (Å²) in [4.78, 5) is 8.67. The van der Waals surface area contributed by atoms with Crippen molar-refractivity contribution in [1.29, 1.82) is 0 Å². The highest BCUT2D eigenvalue weighted by Gasteiger charge is 2.29. The summed E-state index contributed by atoms with van der Waals surface area (Å²) in [5, 5.41) is 0. The van der Waals surface area contributed by atoms with Gasteiger partial charge >= 0.3 is 0 Å². The molecule has 0 amide bonds. The number of hydrogen-bond acceptors (Lipinski definition) is 4. The van der Waals surface area contributed by atoms with E-state index in [0.29, 0.717) is 17.1 Å². The number of rotatable bonds is 2. The van der Waals surface area contributed by atoms with Crippen LogP contribution in [-0.2, 0) is 5.41 Å². The number of benzene rings is 1. The molecule has 4 nitrogen and oxygen atoms in total. The molecule has 2 N–H and O–H groups in total. The standard InChI is InChI=1S/C15H15N3O/c1-15(2,10-5-7-11(16)8-6-10)14-18-13-12(19-14)4-3-9-17-13/h3-9H,16H2,1-2H3. The highest BCUT2D eigenvalue weighted by molar-refractivity contribution is 5.67. The van der Waals surface area contributed by atoms with Crippen LogP contribution in [0.4, 0.5) is 5.69 Å². The van der Waals surface area contributed by atoms with Crippen LogP contribution in [0, 0.1) is 0 Å². The molecule has 0 saturated heterocycles. The molecule has 0 aliphatic rings. The Hall–Kier alpha value is -2.36. The van der Waals surface area contributed by atoms with E-state index in [0.717, 1.165) is 11.3 Å². The van der Waals surface area contributed by atoms with Gasteiger partial charge in [-0.15, -0.1) is 0 Å². The van der Waals surface area contributed by atoms with Crippen molar-refractivity contribution in [3.8, 4) is 0 Å². The van der Waals surface area contributed by atoms with Crippen LogP contribution in [0.5, 0.6) is 0 Å². The minimum absolute atomic E-state index is 0.325. The Morgan fingerprint density at radius 2 is 1.84 bits per heavy atom. The second-order valence-corrected chi connectivity index (χ2v) is 5.09. The van der Waals surface area contributed by atoms with Crippen LogP contribution in [-0.4, -0.2) is 9.97 Å². The molecular formula is C15H15N3O. The van der Waals surface area contributed by atoms with Gasteiger partial charge in [-0.2, -0.15) is 4.98 Å². The third-order valence-electron chi connectivity index (χ3n) is 3.33. The zero-order valence-electron chi connectivity index (χ0n) is 10.9. The molecule has 0 bridgehead atoms. The Labute approximate surface area is 111 Å². The molecule has 2 heterocycles. The third kappa shape index (κ3) is 1.95. The van der Waals surface area contributed by atoms with Gasteiger partial charge in [0.05, 0.1) is 5.41 Å². The lowest BCUT2D eigenvalue weighted by molar-refractivity contribution is 0.433. The Morgan fingerprint density at radius 1 is 1.11 bits per heavy atom. The zero-order valence-corrected chi connectivity index (χ0v) is 10.9. The molecule has 0 radical (unpaired) electrons. The number of nitrogens with zero attached hydrogens (tertiary/aromatic N) is 2. The van der Waals surface area contributed by atoms with E-state index in [1.165, 1.54) is 0 Å². The summed E-state index contributed by atoms with van der Waals surface area (Å²) >= 11 is 0. The number of fused-ring (bicyclic) bond motifs is 1. The van der Waals surface area contributed by atoms with E-state index >= 15 is 0 Å². The molecule has 0 aliphatic heterocycles. The smallest absolute Gasteiger partial charge is 0.207 e. The molecule has 0 saturated carbocycles. The van der Waals surface area contributed by atoms with E-state index < -0.39 is 0 Å². The van der Waals surface area contributed by atoms with E-state index in [4.69, 9.17) is 10.2 Å². The van der Waals surface area contributed by atoms with Crippen molar-refractivity contribution in [2.45, 2.75) is 19.3 Å². The van der Waals surface area contributed by atoms with Gasteiger partial charge < -0.3 is 10.2 Å². The summed E-state index contributed by atoms with van der Waals surface area (Å²) < 4.78 is 5.81. The van der Waals surface area contributed by atoms with Crippen LogP contribution >= 0.6 is 0 Å². The Morgan fingerprint density at radius 3 is 2.53 bits per heavy atom. The molecule has 0 aliphatic carbocycles. The zero-order chi connectivity index (χ0) is 13.5. The van der Waals surface area contributed by atoms with Crippen molar-refractivity contribution < 1.29 is 4.42 Å². The monoisotopic (exact) mass is 253 g/mol. The largest absolute Gasteiger partial charge is 0.438 e. The highest BCUT2D eigenvalue weighted by atomic mass is 16.3. The van der Waals surface area contributed by atoms with Crippen molar-refractivity contribution >= 4 is 16.9 Å². The van der Waals surface area contributed by atoms with Crippen molar-refractivity contribution in [1.82, 2.24) is 9.97 Å². The van der Waals surface area contributed by atoms with Crippen molar-refractivity contribution in [3.63, 3.8) is 0 Å². The van der Waals surface area contributed by atoms with Crippen LogP contribution in [0.2, 0.25) is 0 Å². The third-order valence-corrected chi connectivity index (χ3v) is 3.33. The van der Waals surface area contributed by atoms with Gasteiger partial charge in [-0.1, -0.05) is 12.1 Å². The number of nitrogens with two attached hydrogens (primary N) is 1. The van der Waals surface area contributed by atoms with Gasteiger partial charge in [-0.05, 0) is 43.7 Å². The highest BCUT2D eigenvalue weighted by Crippen LogP contribution is 2.32. The number of nitrogen functional groups attached to an aromatic ring is 1. The molecule has 1 aromatic carbocycles. The first-order chi connectivity index (χ1) is 9.07. The van der Waals surface area contributed by atoms with Crippen LogP contribution in [0.25, 0.3) is 11.2 Å². The van der Waals surface area contributed by atoms with Crippen molar-refractivity contribution in [2.75, 3.05) is 5.73 Å². The maximum absolute atomic E-state index is 5.81. The Balaban J connectivity index is 2.10. The second-order valence-electron chi connectivity index (χ2n) is 5.09. The van der Waals surface area contributed by atoms with E-state index in [2.05, 4.69) is 23.8 Å². The van der Waals surface area contributed by atoms with E-state index in [9.17, 15) is 0 Å². The first-order valence-electron chi connectivity index (χ1n) is 6.15. The first-order valence-corrected chi connectivity index (χ1v) is 6.15. The van der Waals surface area contributed by atoms with Gasteiger partial charge in [0.25, 0.3) is 0 Å². The van der Waals surface area contributed by atoms with Gasteiger partial charge in [0.15, 0.2) is 11.2 Å². The summed E-state index contributed by atoms with van der Waals surface area (Å²) in [7, 11) is 0. The predicted molar refractivity (Wildman–Crippen MR) is 74.8 cm³/mol.